The van der Waals surface area contributed by atoms with Gasteiger partial charge in [-0.25, -0.2) is 17.5 Å². The molecule has 2 saturated carbocycles. The summed E-state index contributed by atoms with van der Waals surface area (Å²) in [5.41, 5.74) is 5.71. The third-order valence-corrected chi connectivity index (χ3v) is 6.16. The molecule has 3 unspecified atom stereocenters. The van der Waals surface area contributed by atoms with Gasteiger partial charge in [0.05, 0.1) is 5.69 Å². The van der Waals surface area contributed by atoms with E-state index in [0.717, 1.165) is 24.5 Å². The predicted octanol–water partition coefficient (Wildman–Crippen LogP) is 2.12. The minimum absolute atomic E-state index is 0.0758. The van der Waals surface area contributed by atoms with Crippen LogP contribution in [0.3, 0.4) is 0 Å². The quantitative estimate of drug-likeness (QED) is 0.836. The molecule has 0 heterocycles. The van der Waals surface area contributed by atoms with Crippen molar-refractivity contribution in [3.63, 3.8) is 0 Å². The number of nitrogen functional groups attached to an aromatic ring is 1. The fourth-order valence-electron chi connectivity index (χ4n) is 3.66. The largest absolute Gasteiger partial charge is 0.398 e. The van der Waals surface area contributed by atoms with Gasteiger partial charge in [-0.1, -0.05) is 6.42 Å². The van der Waals surface area contributed by atoms with E-state index < -0.39 is 15.8 Å². The summed E-state index contributed by atoms with van der Waals surface area (Å²) in [5, 5.41) is 0. The highest BCUT2D eigenvalue weighted by molar-refractivity contribution is 7.89. The van der Waals surface area contributed by atoms with Gasteiger partial charge < -0.3 is 5.73 Å². The Balaban J connectivity index is 1.71. The zero-order chi connectivity index (χ0) is 14.3. The summed E-state index contributed by atoms with van der Waals surface area (Å²) in [5.74, 6) is 1.24. The molecule has 0 amide bonds. The summed E-state index contributed by atoms with van der Waals surface area (Å²) in [4.78, 5) is -0.166. The van der Waals surface area contributed by atoms with Gasteiger partial charge in [-0.05, 0) is 55.2 Å². The molecule has 0 aliphatic heterocycles. The van der Waals surface area contributed by atoms with Gasteiger partial charge in [-0.3, -0.25) is 0 Å². The first-order valence-corrected chi connectivity index (χ1v) is 8.49. The number of sulfonamides is 1. The fraction of sp³-hybridized carbons (Fsp3) is 0.571. The zero-order valence-corrected chi connectivity index (χ0v) is 12.0. The van der Waals surface area contributed by atoms with E-state index >= 15 is 0 Å². The summed E-state index contributed by atoms with van der Waals surface area (Å²) in [6.07, 6.45) is 4.82. The van der Waals surface area contributed by atoms with E-state index in [-0.39, 0.29) is 10.6 Å². The van der Waals surface area contributed by atoms with E-state index in [1.54, 1.807) is 0 Å². The lowest BCUT2D eigenvalue weighted by Gasteiger charge is -2.22. The van der Waals surface area contributed by atoms with Crippen molar-refractivity contribution in [1.82, 2.24) is 4.72 Å². The molecular weight excluding hydrogens is 279 g/mol. The summed E-state index contributed by atoms with van der Waals surface area (Å²) >= 11 is 0. The van der Waals surface area contributed by atoms with Crippen molar-refractivity contribution < 1.29 is 12.8 Å². The predicted molar refractivity (Wildman–Crippen MR) is 74.9 cm³/mol. The fourth-order valence-corrected chi connectivity index (χ4v) is 4.90. The van der Waals surface area contributed by atoms with Gasteiger partial charge in [-0.15, -0.1) is 0 Å². The molecule has 3 rings (SSSR count). The number of rotatable bonds is 4. The average molecular weight is 298 g/mol. The van der Waals surface area contributed by atoms with E-state index in [9.17, 15) is 12.8 Å². The van der Waals surface area contributed by atoms with Gasteiger partial charge in [0.15, 0.2) is 0 Å². The van der Waals surface area contributed by atoms with Crippen LogP contribution in [0.15, 0.2) is 23.1 Å². The molecule has 6 heteroatoms. The van der Waals surface area contributed by atoms with Crippen molar-refractivity contribution in [3.05, 3.63) is 24.0 Å². The minimum Gasteiger partial charge on any atom is -0.398 e. The molecule has 1 aromatic carbocycles. The van der Waals surface area contributed by atoms with Gasteiger partial charge in [0.2, 0.25) is 10.0 Å². The number of fused-ring (bicyclic) bond motifs is 2. The topological polar surface area (TPSA) is 72.2 Å². The molecular formula is C14H19FN2O2S. The van der Waals surface area contributed by atoms with Crippen LogP contribution in [0.5, 0.6) is 0 Å². The molecule has 2 aliphatic carbocycles. The van der Waals surface area contributed by atoms with Gasteiger partial charge >= 0.3 is 0 Å². The number of nitrogens with one attached hydrogen (secondary N) is 1. The van der Waals surface area contributed by atoms with E-state index in [4.69, 9.17) is 5.73 Å². The van der Waals surface area contributed by atoms with Crippen LogP contribution in [0.4, 0.5) is 10.1 Å². The first-order chi connectivity index (χ1) is 9.45. The van der Waals surface area contributed by atoms with Crippen molar-refractivity contribution in [1.29, 1.82) is 0 Å². The highest BCUT2D eigenvalue weighted by Crippen LogP contribution is 2.48. The van der Waals surface area contributed by atoms with Crippen molar-refractivity contribution in [3.8, 4) is 0 Å². The second-order valence-corrected chi connectivity index (χ2v) is 7.70. The molecule has 20 heavy (non-hydrogen) atoms. The summed E-state index contributed by atoms with van der Waals surface area (Å²) in [6, 6.07) is 3.41. The normalized spacial score (nSPS) is 28.9. The number of hydrogen-bond donors (Lipinski definition) is 2. The van der Waals surface area contributed by atoms with Crippen molar-refractivity contribution >= 4 is 15.7 Å². The van der Waals surface area contributed by atoms with Gasteiger partial charge in [0.1, 0.15) is 10.7 Å². The molecule has 0 aromatic heterocycles. The highest BCUT2D eigenvalue weighted by Gasteiger charge is 2.39. The lowest BCUT2D eigenvalue weighted by molar-refractivity contribution is 0.333. The third kappa shape index (κ3) is 2.54. The van der Waals surface area contributed by atoms with Crippen LogP contribution in [0.25, 0.3) is 0 Å². The van der Waals surface area contributed by atoms with Gasteiger partial charge in [0, 0.05) is 6.54 Å². The lowest BCUT2D eigenvalue weighted by atomic mass is 9.89. The minimum atomic E-state index is -3.73. The van der Waals surface area contributed by atoms with Crippen LogP contribution in [-0.4, -0.2) is 15.0 Å². The van der Waals surface area contributed by atoms with Crippen LogP contribution in [-0.2, 0) is 10.0 Å². The second kappa shape index (κ2) is 5.00. The summed E-state index contributed by atoms with van der Waals surface area (Å²) < 4.78 is 40.2. The van der Waals surface area contributed by atoms with E-state index in [1.165, 1.54) is 25.3 Å². The zero-order valence-electron chi connectivity index (χ0n) is 11.2. The lowest BCUT2D eigenvalue weighted by Crippen LogP contribution is -2.32. The highest BCUT2D eigenvalue weighted by atomic mass is 32.2. The Labute approximate surface area is 118 Å². The maximum atomic E-state index is 13.2. The van der Waals surface area contributed by atoms with Crippen molar-refractivity contribution in [2.75, 3.05) is 12.3 Å². The van der Waals surface area contributed by atoms with Crippen LogP contribution < -0.4 is 10.5 Å². The van der Waals surface area contributed by atoms with Crippen molar-refractivity contribution in [2.45, 2.75) is 30.6 Å². The van der Waals surface area contributed by atoms with Crippen LogP contribution in [0.1, 0.15) is 25.7 Å². The SMILES string of the molecule is Nc1ccc(F)cc1S(=O)(=O)NCC1CC2CCC1C2. The molecule has 110 valence electrons. The van der Waals surface area contributed by atoms with Crippen molar-refractivity contribution in [2.24, 2.45) is 17.8 Å². The van der Waals surface area contributed by atoms with Crippen LogP contribution in [0, 0.1) is 23.6 Å². The standard InChI is InChI=1S/C14H19FN2O2S/c15-12-3-4-13(16)14(7-12)20(18,19)17-8-11-6-9-1-2-10(11)5-9/h3-4,7,9-11,17H,1-2,5-6,8,16H2. The summed E-state index contributed by atoms with van der Waals surface area (Å²) in [6.45, 7) is 0.430. The Hall–Kier alpha value is -1.14. The second-order valence-electron chi connectivity index (χ2n) is 5.97. The van der Waals surface area contributed by atoms with E-state index in [1.807, 2.05) is 0 Å². The van der Waals surface area contributed by atoms with Gasteiger partial charge in [-0.2, -0.15) is 0 Å². The maximum absolute atomic E-state index is 13.2. The number of hydrogen-bond acceptors (Lipinski definition) is 3. The molecule has 4 nitrogen and oxygen atoms in total. The average Bonchev–Trinajstić information content (AvgIpc) is 3.01. The number of halogens is 1. The molecule has 2 fully saturated rings. The number of benzene rings is 1. The monoisotopic (exact) mass is 298 g/mol. The molecule has 0 radical (unpaired) electrons. The maximum Gasteiger partial charge on any atom is 0.242 e. The Morgan fingerprint density at radius 2 is 2.10 bits per heavy atom. The summed E-state index contributed by atoms with van der Waals surface area (Å²) in [7, 11) is -3.73. The first kappa shape index (κ1) is 13.8. The smallest absolute Gasteiger partial charge is 0.242 e. The molecule has 1 aromatic rings. The van der Waals surface area contributed by atoms with Crippen LogP contribution in [0.2, 0.25) is 0 Å². The third-order valence-electron chi connectivity index (χ3n) is 4.69. The molecule has 2 aliphatic rings. The first-order valence-electron chi connectivity index (χ1n) is 7.00. The molecule has 3 N–H and O–H groups in total. The Kier molecular flexibility index (Phi) is 3.46. The Morgan fingerprint density at radius 3 is 2.75 bits per heavy atom. The number of nitrogens with two attached hydrogens (primary N) is 1. The van der Waals surface area contributed by atoms with E-state index in [0.29, 0.717) is 18.4 Å². The molecule has 3 atom stereocenters. The Morgan fingerprint density at radius 1 is 1.30 bits per heavy atom. The van der Waals surface area contributed by atoms with Gasteiger partial charge in [0.25, 0.3) is 0 Å². The molecule has 0 spiro atoms. The Bertz CT molecular complexity index is 618. The molecule has 0 saturated heterocycles. The van der Waals surface area contributed by atoms with E-state index in [2.05, 4.69) is 4.72 Å². The number of anilines is 1. The molecule has 2 bridgehead atoms. The van der Waals surface area contributed by atoms with Crippen LogP contribution >= 0.6 is 0 Å².